The number of halogens is 1. The Hall–Kier alpha value is -3.76. The third-order valence-corrected chi connectivity index (χ3v) is 7.84. The number of aromatic nitrogens is 2. The SMILES string of the molecule is CCCOC(=O)N1CCN(C(=O)c2ccc3c(Cl)c4c(nc3c2)CC(c2ccnc(C(N)=O)c2)CC4)C(N)C1. The van der Waals surface area contributed by atoms with E-state index in [0.29, 0.717) is 42.2 Å². The van der Waals surface area contributed by atoms with Gasteiger partial charge in [-0.1, -0.05) is 24.6 Å². The summed E-state index contributed by atoms with van der Waals surface area (Å²) in [6, 6.07) is 8.96. The summed E-state index contributed by atoms with van der Waals surface area (Å²) in [5.74, 6) is -0.645. The van der Waals surface area contributed by atoms with Crippen molar-refractivity contribution >= 4 is 40.4 Å². The Balaban J connectivity index is 1.36. The van der Waals surface area contributed by atoms with Gasteiger partial charge in [0.05, 0.1) is 29.9 Å². The van der Waals surface area contributed by atoms with Crippen LogP contribution in [0.1, 0.15) is 63.4 Å². The van der Waals surface area contributed by atoms with Crippen LogP contribution < -0.4 is 11.5 Å². The second-order valence-corrected chi connectivity index (χ2v) is 10.4. The van der Waals surface area contributed by atoms with E-state index in [9.17, 15) is 14.4 Å². The van der Waals surface area contributed by atoms with Gasteiger partial charge in [-0.15, -0.1) is 0 Å². The topological polar surface area (TPSA) is 145 Å². The van der Waals surface area contributed by atoms with Gasteiger partial charge in [-0.05, 0) is 67.0 Å². The van der Waals surface area contributed by atoms with Crippen molar-refractivity contribution in [3.8, 4) is 0 Å². The van der Waals surface area contributed by atoms with Crippen molar-refractivity contribution in [3.63, 3.8) is 0 Å². The molecule has 0 bridgehead atoms. The van der Waals surface area contributed by atoms with Gasteiger partial charge in [0.1, 0.15) is 5.69 Å². The third-order valence-electron chi connectivity index (χ3n) is 7.41. The predicted molar refractivity (Wildman–Crippen MR) is 146 cm³/mol. The zero-order chi connectivity index (χ0) is 27.7. The lowest BCUT2D eigenvalue weighted by atomic mass is 9.82. The van der Waals surface area contributed by atoms with Crippen molar-refractivity contribution in [1.29, 1.82) is 0 Å². The highest BCUT2D eigenvalue weighted by Gasteiger charge is 2.32. The molecule has 1 aliphatic carbocycles. The molecule has 39 heavy (non-hydrogen) atoms. The van der Waals surface area contributed by atoms with Crippen molar-refractivity contribution in [2.75, 3.05) is 26.2 Å². The van der Waals surface area contributed by atoms with Gasteiger partial charge in [0.15, 0.2) is 0 Å². The highest BCUT2D eigenvalue weighted by Crippen LogP contribution is 2.38. The first kappa shape index (κ1) is 26.8. The Morgan fingerprint density at radius 1 is 1.18 bits per heavy atom. The number of nitrogens with two attached hydrogens (primary N) is 2. The van der Waals surface area contributed by atoms with Crippen LogP contribution in [0.5, 0.6) is 0 Å². The number of primary amides is 1. The number of ether oxygens (including phenoxy) is 1. The van der Waals surface area contributed by atoms with Gasteiger partial charge >= 0.3 is 6.09 Å². The molecule has 1 fully saturated rings. The quantitative estimate of drug-likeness (QED) is 0.496. The molecule has 0 radical (unpaired) electrons. The second-order valence-electron chi connectivity index (χ2n) is 9.99. The number of carbonyl (C=O) groups is 3. The third kappa shape index (κ3) is 5.39. The molecule has 2 aromatic heterocycles. The van der Waals surface area contributed by atoms with E-state index >= 15 is 0 Å². The van der Waals surface area contributed by atoms with Crippen molar-refractivity contribution in [3.05, 3.63) is 69.6 Å². The summed E-state index contributed by atoms with van der Waals surface area (Å²) in [7, 11) is 0. The number of piperazine rings is 1. The molecule has 2 atom stereocenters. The van der Waals surface area contributed by atoms with E-state index < -0.39 is 18.2 Å². The summed E-state index contributed by atoms with van der Waals surface area (Å²) in [4.78, 5) is 49.3. The number of benzene rings is 1. The molecule has 204 valence electrons. The highest BCUT2D eigenvalue weighted by atomic mass is 35.5. The molecule has 4 N–H and O–H groups in total. The molecule has 2 unspecified atom stereocenters. The number of rotatable bonds is 5. The van der Waals surface area contributed by atoms with E-state index in [1.165, 1.54) is 4.90 Å². The largest absolute Gasteiger partial charge is 0.449 e. The van der Waals surface area contributed by atoms with E-state index in [0.717, 1.165) is 41.5 Å². The zero-order valence-electron chi connectivity index (χ0n) is 21.7. The van der Waals surface area contributed by atoms with Gasteiger partial charge in [0, 0.05) is 35.9 Å². The van der Waals surface area contributed by atoms with Crippen LogP contribution in [0.2, 0.25) is 5.02 Å². The minimum atomic E-state index is -0.650. The van der Waals surface area contributed by atoms with E-state index in [4.69, 9.17) is 32.8 Å². The lowest BCUT2D eigenvalue weighted by Crippen LogP contribution is -2.60. The Morgan fingerprint density at radius 2 is 2.00 bits per heavy atom. The van der Waals surface area contributed by atoms with Crippen LogP contribution in [0.3, 0.4) is 0 Å². The molecule has 11 heteroatoms. The average Bonchev–Trinajstić information content (AvgIpc) is 2.95. The molecule has 1 aromatic carbocycles. The number of nitrogens with zero attached hydrogens (tertiary/aromatic N) is 4. The summed E-state index contributed by atoms with van der Waals surface area (Å²) < 4.78 is 5.20. The van der Waals surface area contributed by atoms with Crippen LogP contribution in [-0.4, -0.2) is 70.1 Å². The number of pyridine rings is 2. The van der Waals surface area contributed by atoms with Crippen molar-refractivity contribution in [2.24, 2.45) is 11.5 Å². The number of amides is 3. The molecule has 1 aliphatic heterocycles. The standard InChI is InChI=1S/C28H31ClN6O4/c1-2-11-39-28(38)34-9-10-35(24(30)15-34)27(37)18-4-6-20-22(14-18)33-21-12-16(3-5-19(21)25(20)29)17-7-8-32-23(13-17)26(31)36/h4,6-8,13-14,16,24H,2-3,5,9-12,15,30H2,1H3,(H2,31,36). The summed E-state index contributed by atoms with van der Waals surface area (Å²) in [5, 5.41) is 1.44. The predicted octanol–water partition coefficient (Wildman–Crippen LogP) is 3.24. The van der Waals surface area contributed by atoms with Crippen LogP contribution in [0.25, 0.3) is 10.9 Å². The van der Waals surface area contributed by atoms with Gasteiger partial charge in [0.25, 0.3) is 11.8 Å². The maximum absolute atomic E-state index is 13.4. The smallest absolute Gasteiger partial charge is 0.409 e. The Kier molecular flexibility index (Phi) is 7.67. The zero-order valence-corrected chi connectivity index (χ0v) is 22.5. The molecule has 0 spiro atoms. The summed E-state index contributed by atoms with van der Waals surface area (Å²) in [6.45, 7) is 3.13. The first-order chi connectivity index (χ1) is 18.8. The lowest BCUT2D eigenvalue weighted by Gasteiger charge is -2.39. The number of hydrogen-bond acceptors (Lipinski definition) is 7. The van der Waals surface area contributed by atoms with E-state index in [2.05, 4.69) is 4.98 Å². The van der Waals surface area contributed by atoms with Gasteiger partial charge in [-0.25, -0.2) is 4.79 Å². The molecule has 5 rings (SSSR count). The molecule has 1 saturated heterocycles. The lowest BCUT2D eigenvalue weighted by molar-refractivity contribution is 0.0392. The van der Waals surface area contributed by atoms with Gasteiger partial charge in [-0.2, -0.15) is 0 Å². The Morgan fingerprint density at radius 3 is 2.74 bits per heavy atom. The molecule has 3 amide bonds. The minimum absolute atomic E-state index is 0.141. The van der Waals surface area contributed by atoms with Crippen molar-refractivity contribution < 1.29 is 19.1 Å². The fraction of sp³-hybridized carbons (Fsp3) is 0.393. The average molecular weight is 551 g/mol. The van der Waals surface area contributed by atoms with E-state index in [1.54, 1.807) is 29.3 Å². The van der Waals surface area contributed by atoms with Crippen LogP contribution in [0.15, 0.2) is 36.5 Å². The first-order valence-electron chi connectivity index (χ1n) is 13.1. The molecule has 10 nitrogen and oxygen atoms in total. The van der Waals surface area contributed by atoms with Crippen LogP contribution in [-0.2, 0) is 17.6 Å². The minimum Gasteiger partial charge on any atom is -0.449 e. The first-order valence-corrected chi connectivity index (χ1v) is 13.5. The Labute approximate surface area is 231 Å². The fourth-order valence-corrected chi connectivity index (χ4v) is 5.68. The number of hydrogen-bond donors (Lipinski definition) is 2. The summed E-state index contributed by atoms with van der Waals surface area (Å²) in [6.07, 6.45) is 3.52. The fourth-order valence-electron chi connectivity index (χ4n) is 5.32. The molecule has 2 aliphatic rings. The maximum atomic E-state index is 13.4. The van der Waals surface area contributed by atoms with Gasteiger partial charge < -0.3 is 26.0 Å². The van der Waals surface area contributed by atoms with E-state index in [-0.39, 0.29) is 24.1 Å². The van der Waals surface area contributed by atoms with Crippen LogP contribution in [0, 0.1) is 0 Å². The highest BCUT2D eigenvalue weighted by molar-refractivity contribution is 6.36. The van der Waals surface area contributed by atoms with E-state index in [1.807, 2.05) is 19.1 Å². The normalized spacial score (nSPS) is 19.1. The molecule has 3 heterocycles. The second kappa shape index (κ2) is 11.2. The molecule has 3 aromatic rings. The monoisotopic (exact) mass is 550 g/mol. The van der Waals surface area contributed by atoms with Crippen LogP contribution in [0.4, 0.5) is 4.79 Å². The molecule has 0 saturated carbocycles. The van der Waals surface area contributed by atoms with Crippen LogP contribution >= 0.6 is 11.6 Å². The maximum Gasteiger partial charge on any atom is 0.409 e. The van der Waals surface area contributed by atoms with Gasteiger partial charge in [-0.3, -0.25) is 19.6 Å². The Bertz CT molecular complexity index is 1450. The summed E-state index contributed by atoms with van der Waals surface area (Å²) in [5.41, 5.74) is 15.9. The van der Waals surface area contributed by atoms with Gasteiger partial charge in [0.2, 0.25) is 0 Å². The number of fused-ring (bicyclic) bond motifs is 2. The molecular weight excluding hydrogens is 520 g/mol. The summed E-state index contributed by atoms with van der Waals surface area (Å²) >= 11 is 6.83. The molecular formula is C28H31ClN6O4. The van der Waals surface area contributed by atoms with Crippen molar-refractivity contribution in [2.45, 2.75) is 44.7 Å². The van der Waals surface area contributed by atoms with Crippen molar-refractivity contribution in [1.82, 2.24) is 19.8 Å². The number of carbonyl (C=O) groups excluding carboxylic acids is 3.